The molecule has 8 heteroatoms. The third kappa shape index (κ3) is 6.74. The molecule has 0 spiro atoms. The maximum atomic E-state index is 11.2. The molecule has 2 unspecified atom stereocenters. The van der Waals surface area contributed by atoms with Gasteiger partial charge in [-0.25, -0.2) is 0 Å². The van der Waals surface area contributed by atoms with Gasteiger partial charge in [0.15, 0.2) is 5.96 Å². The van der Waals surface area contributed by atoms with Crippen molar-refractivity contribution in [2.24, 2.45) is 10.9 Å². The van der Waals surface area contributed by atoms with Crippen molar-refractivity contribution in [2.45, 2.75) is 25.3 Å². The van der Waals surface area contributed by atoms with E-state index in [1.165, 1.54) is 24.8 Å². The Bertz CT molecular complexity index is 539. The standard InChI is InChI=1S/C17H28N4O2S.HI/c1-18-17(19-9-8-15(22)23-3)20-12-13-6-4-10-21(2)16(13)14-7-5-11-24-14;/h5,7,11,13,16H,4,6,8-10,12H2,1-3H3,(H2,18,19,20);1H. The number of guanidine groups is 1. The fourth-order valence-electron chi connectivity index (χ4n) is 3.22. The Kier molecular flexibility index (Phi) is 10.4. The van der Waals surface area contributed by atoms with E-state index in [9.17, 15) is 4.79 Å². The lowest BCUT2D eigenvalue weighted by atomic mass is 9.88. The van der Waals surface area contributed by atoms with Crippen LogP contribution >= 0.6 is 35.3 Å². The van der Waals surface area contributed by atoms with Crippen molar-refractivity contribution >= 4 is 47.2 Å². The molecular weight excluding hydrogens is 451 g/mol. The van der Waals surface area contributed by atoms with Gasteiger partial charge >= 0.3 is 5.97 Å². The number of methoxy groups -OCH3 is 1. The van der Waals surface area contributed by atoms with Crippen LogP contribution in [0.15, 0.2) is 22.5 Å². The molecule has 0 amide bonds. The van der Waals surface area contributed by atoms with Crippen LogP contribution in [0.5, 0.6) is 0 Å². The van der Waals surface area contributed by atoms with E-state index < -0.39 is 0 Å². The van der Waals surface area contributed by atoms with Crippen LogP contribution in [0.1, 0.15) is 30.2 Å². The Morgan fingerprint density at radius 2 is 2.28 bits per heavy atom. The first-order valence-electron chi connectivity index (χ1n) is 8.40. The van der Waals surface area contributed by atoms with Crippen LogP contribution in [0.3, 0.4) is 0 Å². The van der Waals surface area contributed by atoms with Crippen molar-refractivity contribution < 1.29 is 9.53 Å². The number of hydrogen-bond donors (Lipinski definition) is 2. The number of piperidine rings is 1. The van der Waals surface area contributed by atoms with Crippen molar-refractivity contribution in [1.29, 1.82) is 0 Å². The summed E-state index contributed by atoms with van der Waals surface area (Å²) in [4.78, 5) is 19.3. The highest BCUT2D eigenvalue weighted by atomic mass is 127. The average Bonchev–Trinajstić information content (AvgIpc) is 3.11. The number of esters is 1. The Labute approximate surface area is 171 Å². The Balaban J connectivity index is 0.00000312. The zero-order valence-electron chi connectivity index (χ0n) is 15.2. The molecule has 1 aliphatic heterocycles. The number of thiophene rings is 1. The van der Waals surface area contributed by atoms with E-state index in [0.717, 1.165) is 19.0 Å². The van der Waals surface area contributed by atoms with Gasteiger partial charge in [-0.3, -0.25) is 14.7 Å². The maximum absolute atomic E-state index is 11.2. The molecule has 0 saturated carbocycles. The summed E-state index contributed by atoms with van der Waals surface area (Å²) >= 11 is 1.83. The van der Waals surface area contributed by atoms with Gasteiger partial charge in [-0.15, -0.1) is 35.3 Å². The second kappa shape index (κ2) is 11.7. The lowest BCUT2D eigenvalue weighted by molar-refractivity contribution is -0.140. The third-order valence-electron chi connectivity index (χ3n) is 4.45. The van der Waals surface area contributed by atoms with Gasteiger partial charge < -0.3 is 15.4 Å². The summed E-state index contributed by atoms with van der Waals surface area (Å²) in [5.41, 5.74) is 0. The van der Waals surface area contributed by atoms with Gasteiger partial charge in [0.2, 0.25) is 0 Å². The number of likely N-dealkylation sites (tertiary alicyclic amines) is 1. The first kappa shape index (κ1) is 22.2. The zero-order valence-corrected chi connectivity index (χ0v) is 18.3. The summed E-state index contributed by atoms with van der Waals surface area (Å²) in [7, 11) is 5.36. The molecule has 0 bridgehead atoms. The van der Waals surface area contributed by atoms with E-state index in [1.54, 1.807) is 7.05 Å². The van der Waals surface area contributed by atoms with Crippen LogP contribution in [0, 0.1) is 5.92 Å². The summed E-state index contributed by atoms with van der Waals surface area (Å²) in [5, 5.41) is 8.72. The van der Waals surface area contributed by atoms with Gasteiger partial charge in [-0.2, -0.15) is 0 Å². The number of nitrogens with one attached hydrogen (secondary N) is 2. The minimum Gasteiger partial charge on any atom is -0.469 e. The van der Waals surface area contributed by atoms with Gasteiger partial charge in [-0.05, 0) is 43.8 Å². The number of hydrogen-bond acceptors (Lipinski definition) is 5. The smallest absolute Gasteiger partial charge is 0.307 e. The molecule has 0 radical (unpaired) electrons. The number of rotatable bonds is 6. The Morgan fingerprint density at radius 1 is 1.48 bits per heavy atom. The summed E-state index contributed by atoms with van der Waals surface area (Å²) in [6.45, 7) is 2.53. The maximum Gasteiger partial charge on any atom is 0.307 e. The summed E-state index contributed by atoms with van der Waals surface area (Å²) in [5.74, 6) is 1.06. The molecule has 1 aromatic heterocycles. The molecule has 25 heavy (non-hydrogen) atoms. The molecule has 1 aliphatic rings. The van der Waals surface area contributed by atoms with Crippen LogP contribution < -0.4 is 10.6 Å². The van der Waals surface area contributed by atoms with Crippen LogP contribution in [0.4, 0.5) is 0 Å². The number of carbonyl (C=O) groups is 1. The van der Waals surface area contributed by atoms with Crippen LogP contribution in [-0.2, 0) is 9.53 Å². The van der Waals surface area contributed by atoms with Crippen molar-refractivity contribution in [3.8, 4) is 0 Å². The molecule has 1 fully saturated rings. The van der Waals surface area contributed by atoms with Gasteiger partial charge in [0.25, 0.3) is 0 Å². The van der Waals surface area contributed by atoms with Gasteiger partial charge in [0.1, 0.15) is 0 Å². The molecule has 1 aromatic rings. The molecule has 1 saturated heterocycles. The fourth-order valence-corrected chi connectivity index (χ4v) is 4.20. The van der Waals surface area contributed by atoms with E-state index in [1.807, 2.05) is 11.3 Å². The number of nitrogens with zero attached hydrogens (tertiary/aromatic N) is 2. The highest BCUT2D eigenvalue weighted by Gasteiger charge is 2.31. The fraction of sp³-hybridized carbons (Fsp3) is 0.647. The lowest BCUT2D eigenvalue weighted by Crippen LogP contribution is -2.45. The molecular formula is C17H29IN4O2S. The van der Waals surface area contributed by atoms with Crippen molar-refractivity contribution in [3.05, 3.63) is 22.4 Å². The van der Waals surface area contributed by atoms with E-state index in [2.05, 4.69) is 49.8 Å². The summed E-state index contributed by atoms with van der Waals surface area (Å²) in [6.07, 6.45) is 2.76. The number of carbonyl (C=O) groups excluding carboxylic acids is 1. The molecule has 2 rings (SSSR count). The average molecular weight is 480 g/mol. The van der Waals surface area contributed by atoms with Crippen molar-refractivity contribution in [2.75, 3.05) is 40.8 Å². The van der Waals surface area contributed by atoms with Crippen LogP contribution in [-0.4, -0.2) is 57.7 Å². The Morgan fingerprint density at radius 3 is 2.92 bits per heavy atom. The monoisotopic (exact) mass is 480 g/mol. The first-order valence-corrected chi connectivity index (χ1v) is 9.28. The van der Waals surface area contributed by atoms with Gasteiger partial charge in [0, 0.05) is 31.1 Å². The topological polar surface area (TPSA) is 66.0 Å². The second-order valence-corrected chi connectivity index (χ2v) is 7.03. The molecule has 2 atom stereocenters. The van der Waals surface area contributed by atoms with Crippen molar-refractivity contribution in [1.82, 2.24) is 15.5 Å². The van der Waals surface area contributed by atoms with Crippen molar-refractivity contribution in [3.63, 3.8) is 0 Å². The van der Waals surface area contributed by atoms with E-state index >= 15 is 0 Å². The molecule has 6 nitrogen and oxygen atoms in total. The third-order valence-corrected chi connectivity index (χ3v) is 5.39. The Hall–Kier alpha value is -0.870. The number of halogens is 1. The summed E-state index contributed by atoms with van der Waals surface area (Å²) in [6, 6.07) is 4.81. The predicted molar refractivity (Wildman–Crippen MR) is 114 cm³/mol. The zero-order chi connectivity index (χ0) is 17.4. The predicted octanol–water partition coefficient (Wildman–Crippen LogP) is 2.48. The first-order chi connectivity index (χ1) is 11.7. The summed E-state index contributed by atoms with van der Waals surface area (Å²) < 4.78 is 4.64. The quantitative estimate of drug-likeness (QED) is 0.284. The van der Waals surface area contributed by atoms with E-state index in [-0.39, 0.29) is 29.9 Å². The second-order valence-electron chi connectivity index (χ2n) is 6.05. The SMILES string of the molecule is CN=C(NCCC(=O)OC)NCC1CCCN(C)C1c1cccs1.I. The van der Waals surface area contributed by atoms with Crippen LogP contribution in [0.25, 0.3) is 0 Å². The molecule has 2 heterocycles. The molecule has 0 aliphatic carbocycles. The lowest BCUT2D eigenvalue weighted by Gasteiger charge is -2.39. The molecule has 2 N–H and O–H groups in total. The van der Waals surface area contributed by atoms with Gasteiger partial charge in [-0.1, -0.05) is 6.07 Å². The highest BCUT2D eigenvalue weighted by molar-refractivity contribution is 14.0. The van der Waals surface area contributed by atoms with Gasteiger partial charge in [0.05, 0.1) is 13.5 Å². The van der Waals surface area contributed by atoms with E-state index in [4.69, 9.17) is 0 Å². The number of ether oxygens (including phenoxy) is 1. The largest absolute Gasteiger partial charge is 0.469 e. The minimum absolute atomic E-state index is 0. The highest BCUT2D eigenvalue weighted by Crippen LogP contribution is 2.36. The molecule has 142 valence electrons. The minimum atomic E-state index is -0.218. The normalized spacial score (nSPS) is 21.3. The van der Waals surface area contributed by atoms with Crippen LogP contribution in [0.2, 0.25) is 0 Å². The van der Waals surface area contributed by atoms with E-state index in [0.29, 0.717) is 24.9 Å². The molecule has 0 aromatic carbocycles. The number of aliphatic imine (C=N–C) groups is 1.